The SMILES string of the molecule is NNC(=O)c1cn(CCOc2ccc(Cl)c(Cl)c2)nn1. The second-order valence-corrected chi connectivity index (χ2v) is 4.58. The van der Waals surface area contributed by atoms with Gasteiger partial charge < -0.3 is 4.74 Å². The zero-order chi connectivity index (χ0) is 14.5. The molecule has 0 saturated heterocycles. The minimum Gasteiger partial charge on any atom is -0.492 e. The maximum absolute atomic E-state index is 11.2. The Morgan fingerprint density at radius 1 is 1.40 bits per heavy atom. The van der Waals surface area contributed by atoms with E-state index in [1.807, 2.05) is 5.43 Å². The van der Waals surface area contributed by atoms with E-state index < -0.39 is 5.91 Å². The molecule has 9 heteroatoms. The van der Waals surface area contributed by atoms with E-state index in [4.69, 9.17) is 33.8 Å². The molecule has 0 radical (unpaired) electrons. The number of carbonyl (C=O) groups is 1. The standard InChI is InChI=1S/C11H11Cl2N5O2/c12-8-2-1-7(5-9(8)13)20-4-3-18-6-10(16-17-18)11(19)15-14/h1-2,5-6H,3-4,14H2,(H,15,19). The molecule has 0 aliphatic carbocycles. The fourth-order valence-corrected chi connectivity index (χ4v) is 1.70. The van der Waals surface area contributed by atoms with E-state index in [-0.39, 0.29) is 5.69 Å². The smallest absolute Gasteiger partial charge is 0.287 e. The van der Waals surface area contributed by atoms with Crippen LogP contribution in [-0.4, -0.2) is 27.5 Å². The fourth-order valence-electron chi connectivity index (χ4n) is 1.41. The molecule has 1 heterocycles. The van der Waals surface area contributed by atoms with Gasteiger partial charge in [-0.2, -0.15) is 0 Å². The molecule has 0 aliphatic rings. The summed E-state index contributed by atoms with van der Waals surface area (Å²) in [5, 5.41) is 8.32. The summed E-state index contributed by atoms with van der Waals surface area (Å²) in [6.07, 6.45) is 1.47. The number of hydrogen-bond donors (Lipinski definition) is 2. The van der Waals surface area contributed by atoms with Crippen LogP contribution < -0.4 is 16.0 Å². The minimum atomic E-state index is -0.498. The van der Waals surface area contributed by atoms with Crippen molar-refractivity contribution in [1.29, 1.82) is 0 Å². The first-order valence-corrected chi connectivity index (χ1v) is 6.34. The number of benzene rings is 1. The van der Waals surface area contributed by atoms with Crippen molar-refractivity contribution >= 4 is 29.1 Å². The van der Waals surface area contributed by atoms with Gasteiger partial charge >= 0.3 is 0 Å². The molecule has 7 nitrogen and oxygen atoms in total. The van der Waals surface area contributed by atoms with Gasteiger partial charge in [0, 0.05) is 6.07 Å². The van der Waals surface area contributed by atoms with Crippen LogP contribution in [-0.2, 0) is 6.54 Å². The first kappa shape index (κ1) is 14.6. The number of nitrogens with zero attached hydrogens (tertiary/aromatic N) is 3. The van der Waals surface area contributed by atoms with Crippen LogP contribution in [0.3, 0.4) is 0 Å². The summed E-state index contributed by atoms with van der Waals surface area (Å²) < 4.78 is 6.96. The molecule has 1 aromatic heterocycles. The van der Waals surface area contributed by atoms with E-state index in [1.165, 1.54) is 10.9 Å². The summed E-state index contributed by atoms with van der Waals surface area (Å²) in [6.45, 7) is 0.760. The average molecular weight is 316 g/mol. The summed E-state index contributed by atoms with van der Waals surface area (Å²) in [4.78, 5) is 11.2. The number of carbonyl (C=O) groups excluding carboxylic acids is 1. The lowest BCUT2D eigenvalue weighted by Gasteiger charge is -2.06. The summed E-state index contributed by atoms with van der Waals surface area (Å²) in [7, 11) is 0. The first-order chi connectivity index (χ1) is 9.60. The highest BCUT2D eigenvalue weighted by Gasteiger charge is 2.08. The molecule has 2 aromatic rings. The second kappa shape index (κ2) is 6.56. The molecule has 0 spiro atoms. The molecule has 1 aromatic carbocycles. The van der Waals surface area contributed by atoms with Crippen LogP contribution in [0.5, 0.6) is 5.75 Å². The van der Waals surface area contributed by atoms with Crippen molar-refractivity contribution in [2.45, 2.75) is 6.54 Å². The van der Waals surface area contributed by atoms with Gasteiger partial charge in [0.05, 0.1) is 22.8 Å². The Morgan fingerprint density at radius 3 is 2.90 bits per heavy atom. The molecular weight excluding hydrogens is 305 g/mol. The Balaban J connectivity index is 1.88. The molecule has 0 aliphatic heterocycles. The van der Waals surface area contributed by atoms with E-state index >= 15 is 0 Å². The third-order valence-electron chi connectivity index (χ3n) is 2.38. The lowest BCUT2D eigenvalue weighted by atomic mass is 10.3. The lowest BCUT2D eigenvalue weighted by molar-refractivity contribution is 0.0948. The van der Waals surface area contributed by atoms with Crippen molar-refractivity contribution in [2.24, 2.45) is 5.84 Å². The van der Waals surface area contributed by atoms with Gasteiger partial charge in [-0.15, -0.1) is 5.10 Å². The molecular formula is C11H11Cl2N5O2. The third-order valence-corrected chi connectivity index (χ3v) is 3.12. The highest BCUT2D eigenvalue weighted by Crippen LogP contribution is 2.26. The molecule has 0 unspecified atom stereocenters. The van der Waals surface area contributed by atoms with Gasteiger partial charge in [-0.3, -0.25) is 10.2 Å². The summed E-state index contributed by atoms with van der Waals surface area (Å²) in [5.41, 5.74) is 2.12. The summed E-state index contributed by atoms with van der Waals surface area (Å²) >= 11 is 11.7. The minimum absolute atomic E-state index is 0.141. The highest BCUT2D eigenvalue weighted by molar-refractivity contribution is 6.42. The van der Waals surface area contributed by atoms with Crippen molar-refractivity contribution in [1.82, 2.24) is 20.4 Å². The molecule has 20 heavy (non-hydrogen) atoms. The zero-order valence-corrected chi connectivity index (χ0v) is 11.7. The molecule has 2 rings (SSSR count). The first-order valence-electron chi connectivity index (χ1n) is 5.59. The Morgan fingerprint density at radius 2 is 2.20 bits per heavy atom. The number of hydrogen-bond acceptors (Lipinski definition) is 5. The van der Waals surface area contributed by atoms with Crippen LogP contribution in [0.4, 0.5) is 0 Å². The molecule has 1 amide bonds. The number of nitrogens with two attached hydrogens (primary N) is 1. The van der Waals surface area contributed by atoms with Crippen molar-refractivity contribution in [2.75, 3.05) is 6.61 Å². The largest absolute Gasteiger partial charge is 0.492 e. The van der Waals surface area contributed by atoms with Crippen LogP contribution >= 0.6 is 23.2 Å². The van der Waals surface area contributed by atoms with E-state index in [0.29, 0.717) is 28.9 Å². The molecule has 0 atom stereocenters. The zero-order valence-electron chi connectivity index (χ0n) is 10.2. The molecule has 0 bridgehead atoms. The van der Waals surface area contributed by atoms with Crippen LogP contribution in [0.15, 0.2) is 24.4 Å². The average Bonchev–Trinajstić information content (AvgIpc) is 2.91. The van der Waals surface area contributed by atoms with Crippen molar-refractivity contribution < 1.29 is 9.53 Å². The van der Waals surface area contributed by atoms with Gasteiger partial charge in [-0.25, -0.2) is 10.5 Å². The van der Waals surface area contributed by atoms with E-state index in [0.717, 1.165) is 0 Å². The quantitative estimate of drug-likeness (QED) is 0.492. The van der Waals surface area contributed by atoms with Crippen molar-refractivity contribution in [3.8, 4) is 5.75 Å². The molecule has 0 saturated carbocycles. The van der Waals surface area contributed by atoms with E-state index in [2.05, 4.69) is 10.3 Å². The predicted molar refractivity (Wildman–Crippen MR) is 73.6 cm³/mol. The maximum Gasteiger partial charge on any atom is 0.287 e. The van der Waals surface area contributed by atoms with Gasteiger partial charge in [-0.1, -0.05) is 28.4 Å². The van der Waals surface area contributed by atoms with Gasteiger partial charge in [0.1, 0.15) is 12.4 Å². The number of nitrogens with one attached hydrogen (secondary N) is 1. The lowest BCUT2D eigenvalue weighted by Crippen LogP contribution is -2.30. The Bertz CT molecular complexity index is 617. The van der Waals surface area contributed by atoms with Gasteiger partial charge in [0.2, 0.25) is 0 Å². The van der Waals surface area contributed by atoms with E-state index in [1.54, 1.807) is 18.2 Å². The van der Waals surface area contributed by atoms with Crippen molar-refractivity contribution in [3.63, 3.8) is 0 Å². The van der Waals surface area contributed by atoms with Gasteiger partial charge in [0.15, 0.2) is 5.69 Å². The van der Waals surface area contributed by atoms with E-state index in [9.17, 15) is 4.79 Å². The Hall–Kier alpha value is -1.83. The predicted octanol–water partition coefficient (Wildman–Crippen LogP) is 1.27. The second-order valence-electron chi connectivity index (χ2n) is 3.76. The Labute approximate surface area is 124 Å². The van der Waals surface area contributed by atoms with Crippen LogP contribution in [0.25, 0.3) is 0 Å². The highest BCUT2D eigenvalue weighted by atomic mass is 35.5. The Kier molecular flexibility index (Phi) is 4.78. The van der Waals surface area contributed by atoms with Crippen LogP contribution in [0, 0.1) is 0 Å². The number of amides is 1. The van der Waals surface area contributed by atoms with Crippen LogP contribution in [0.1, 0.15) is 10.5 Å². The maximum atomic E-state index is 11.2. The van der Waals surface area contributed by atoms with Crippen LogP contribution in [0.2, 0.25) is 10.0 Å². The number of ether oxygens (including phenoxy) is 1. The van der Waals surface area contributed by atoms with Gasteiger partial charge in [0.25, 0.3) is 5.91 Å². The summed E-state index contributed by atoms with van der Waals surface area (Å²) in [5.74, 6) is 5.09. The molecule has 106 valence electrons. The normalized spacial score (nSPS) is 10.3. The molecule has 0 fully saturated rings. The monoisotopic (exact) mass is 315 g/mol. The van der Waals surface area contributed by atoms with Crippen molar-refractivity contribution in [3.05, 3.63) is 40.1 Å². The number of halogens is 2. The number of hydrazine groups is 1. The summed E-state index contributed by atoms with van der Waals surface area (Å²) in [6, 6.07) is 4.99. The fraction of sp³-hybridized carbons (Fsp3) is 0.182. The molecule has 3 N–H and O–H groups in total. The third kappa shape index (κ3) is 3.60. The van der Waals surface area contributed by atoms with Gasteiger partial charge in [-0.05, 0) is 12.1 Å². The number of aromatic nitrogens is 3. The topological polar surface area (TPSA) is 95.1 Å². The number of nitrogen functional groups attached to an aromatic ring is 1. The number of rotatable bonds is 5.